The molecule has 0 aliphatic heterocycles. The van der Waals surface area contributed by atoms with Crippen LogP contribution in [-0.4, -0.2) is 15.0 Å². The predicted octanol–water partition coefficient (Wildman–Crippen LogP) is 0.906. The summed E-state index contributed by atoms with van der Waals surface area (Å²) in [6.07, 6.45) is 0. The SMILES string of the molecule is Cc1c(C#N)nnn1-c1cccc(CN)c1. The molecule has 0 aliphatic rings. The third-order valence-corrected chi connectivity index (χ3v) is 2.39. The van der Waals surface area contributed by atoms with Gasteiger partial charge in [0.1, 0.15) is 6.07 Å². The molecule has 0 unspecified atom stereocenters. The van der Waals surface area contributed by atoms with Crippen molar-refractivity contribution in [1.29, 1.82) is 5.26 Å². The Labute approximate surface area is 93.1 Å². The number of nitriles is 1. The molecule has 5 nitrogen and oxygen atoms in total. The quantitative estimate of drug-likeness (QED) is 0.803. The van der Waals surface area contributed by atoms with Crippen LogP contribution in [-0.2, 0) is 6.54 Å². The van der Waals surface area contributed by atoms with Gasteiger partial charge in [0.25, 0.3) is 0 Å². The molecule has 5 heteroatoms. The largest absolute Gasteiger partial charge is 0.326 e. The summed E-state index contributed by atoms with van der Waals surface area (Å²) >= 11 is 0. The molecule has 80 valence electrons. The highest BCUT2D eigenvalue weighted by Crippen LogP contribution is 2.13. The molecule has 0 radical (unpaired) electrons. The van der Waals surface area contributed by atoms with Gasteiger partial charge < -0.3 is 5.73 Å². The number of nitrogens with two attached hydrogens (primary N) is 1. The maximum Gasteiger partial charge on any atom is 0.186 e. The van der Waals surface area contributed by atoms with E-state index in [9.17, 15) is 0 Å². The van der Waals surface area contributed by atoms with Crippen molar-refractivity contribution < 1.29 is 0 Å². The zero-order valence-electron chi connectivity index (χ0n) is 8.88. The highest BCUT2D eigenvalue weighted by atomic mass is 15.4. The Hall–Kier alpha value is -2.19. The van der Waals surface area contributed by atoms with E-state index in [-0.39, 0.29) is 0 Å². The summed E-state index contributed by atoms with van der Waals surface area (Å²) in [5, 5.41) is 16.5. The first-order chi connectivity index (χ1) is 7.76. The van der Waals surface area contributed by atoms with Gasteiger partial charge in [0.15, 0.2) is 5.69 Å². The van der Waals surface area contributed by atoms with E-state index >= 15 is 0 Å². The summed E-state index contributed by atoms with van der Waals surface area (Å²) in [5.74, 6) is 0. The van der Waals surface area contributed by atoms with Crippen molar-refractivity contribution in [3.63, 3.8) is 0 Å². The number of rotatable bonds is 2. The lowest BCUT2D eigenvalue weighted by Crippen LogP contribution is -2.02. The fourth-order valence-electron chi connectivity index (χ4n) is 1.49. The number of nitrogens with zero attached hydrogens (tertiary/aromatic N) is 4. The molecule has 0 spiro atoms. The van der Waals surface area contributed by atoms with Crippen LogP contribution in [0.1, 0.15) is 17.0 Å². The summed E-state index contributed by atoms with van der Waals surface area (Å²) in [5.41, 5.74) is 8.54. The van der Waals surface area contributed by atoms with Gasteiger partial charge in [-0.15, -0.1) is 5.10 Å². The molecule has 1 aromatic heterocycles. The van der Waals surface area contributed by atoms with Crippen LogP contribution < -0.4 is 5.73 Å². The predicted molar refractivity (Wildman–Crippen MR) is 58.7 cm³/mol. The highest BCUT2D eigenvalue weighted by Gasteiger charge is 2.09. The van der Waals surface area contributed by atoms with Crippen LogP contribution >= 0.6 is 0 Å². The Kier molecular flexibility index (Phi) is 2.66. The van der Waals surface area contributed by atoms with E-state index in [2.05, 4.69) is 10.3 Å². The molecule has 2 N–H and O–H groups in total. The maximum absolute atomic E-state index is 8.79. The molecule has 0 saturated heterocycles. The van der Waals surface area contributed by atoms with Crippen molar-refractivity contribution in [3.05, 3.63) is 41.2 Å². The van der Waals surface area contributed by atoms with Crippen LogP contribution in [0, 0.1) is 18.3 Å². The van der Waals surface area contributed by atoms with E-state index in [1.165, 1.54) is 0 Å². The van der Waals surface area contributed by atoms with Crippen molar-refractivity contribution in [1.82, 2.24) is 15.0 Å². The summed E-state index contributed by atoms with van der Waals surface area (Å²) < 4.78 is 1.64. The van der Waals surface area contributed by atoms with Crippen LogP contribution in [0.25, 0.3) is 5.69 Å². The molecular weight excluding hydrogens is 202 g/mol. The number of benzene rings is 1. The number of hydrogen-bond donors (Lipinski definition) is 1. The van der Waals surface area contributed by atoms with Crippen molar-refractivity contribution in [3.8, 4) is 11.8 Å². The molecule has 2 rings (SSSR count). The zero-order valence-corrected chi connectivity index (χ0v) is 8.88. The molecule has 0 aliphatic carbocycles. The second-order valence-electron chi connectivity index (χ2n) is 3.42. The molecule has 0 bridgehead atoms. The van der Waals surface area contributed by atoms with Gasteiger partial charge in [-0.05, 0) is 24.6 Å². The van der Waals surface area contributed by atoms with Gasteiger partial charge >= 0.3 is 0 Å². The maximum atomic E-state index is 8.79. The average molecular weight is 213 g/mol. The molecule has 1 aromatic carbocycles. The summed E-state index contributed by atoms with van der Waals surface area (Å²) in [6, 6.07) is 9.69. The smallest absolute Gasteiger partial charge is 0.186 e. The van der Waals surface area contributed by atoms with E-state index < -0.39 is 0 Å². The van der Waals surface area contributed by atoms with Crippen LogP contribution in [0.4, 0.5) is 0 Å². The second-order valence-corrected chi connectivity index (χ2v) is 3.42. The molecule has 0 amide bonds. The first kappa shape index (κ1) is 10.3. The molecule has 0 fully saturated rings. The van der Waals surface area contributed by atoms with Gasteiger partial charge in [-0.2, -0.15) is 5.26 Å². The fourth-order valence-corrected chi connectivity index (χ4v) is 1.49. The molecule has 0 atom stereocenters. The lowest BCUT2D eigenvalue weighted by Gasteiger charge is -2.04. The Balaban J connectivity index is 2.51. The molecular formula is C11H11N5. The van der Waals surface area contributed by atoms with Gasteiger partial charge in [-0.3, -0.25) is 0 Å². The molecule has 0 saturated carbocycles. The third-order valence-electron chi connectivity index (χ3n) is 2.39. The first-order valence-electron chi connectivity index (χ1n) is 4.88. The van der Waals surface area contributed by atoms with E-state index in [1.54, 1.807) is 4.68 Å². The second kappa shape index (κ2) is 4.13. The zero-order chi connectivity index (χ0) is 11.5. The van der Waals surface area contributed by atoms with E-state index in [1.807, 2.05) is 37.3 Å². The number of hydrogen-bond acceptors (Lipinski definition) is 4. The summed E-state index contributed by atoms with van der Waals surface area (Å²) in [4.78, 5) is 0. The molecule has 2 aromatic rings. The lowest BCUT2D eigenvalue weighted by atomic mass is 10.2. The summed E-state index contributed by atoms with van der Waals surface area (Å²) in [6.45, 7) is 2.29. The van der Waals surface area contributed by atoms with Gasteiger partial charge in [0, 0.05) is 6.54 Å². The van der Waals surface area contributed by atoms with Crippen molar-refractivity contribution >= 4 is 0 Å². The highest BCUT2D eigenvalue weighted by molar-refractivity contribution is 5.38. The van der Waals surface area contributed by atoms with Gasteiger partial charge in [-0.25, -0.2) is 4.68 Å². The Morgan fingerprint density at radius 3 is 2.94 bits per heavy atom. The fraction of sp³-hybridized carbons (Fsp3) is 0.182. The minimum atomic E-state index is 0.346. The minimum absolute atomic E-state index is 0.346. The summed E-state index contributed by atoms with van der Waals surface area (Å²) in [7, 11) is 0. The van der Waals surface area contributed by atoms with E-state index in [0.29, 0.717) is 12.2 Å². The van der Waals surface area contributed by atoms with Gasteiger partial charge in [-0.1, -0.05) is 17.3 Å². The van der Waals surface area contributed by atoms with Crippen molar-refractivity contribution in [2.24, 2.45) is 5.73 Å². The van der Waals surface area contributed by atoms with Crippen LogP contribution in [0.5, 0.6) is 0 Å². The van der Waals surface area contributed by atoms with Crippen LogP contribution in [0.15, 0.2) is 24.3 Å². The Bertz CT molecular complexity index is 550. The molecule has 16 heavy (non-hydrogen) atoms. The lowest BCUT2D eigenvalue weighted by molar-refractivity contribution is 0.783. The standard InChI is InChI=1S/C11H11N5/c1-8-11(7-13)14-15-16(8)10-4-2-3-9(5-10)6-12/h2-5H,6,12H2,1H3. The third kappa shape index (κ3) is 1.66. The Morgan fingerprint density at radius 1 is 1.50 bits per heavy atom. The normalized spacial score (nSPS) is 10.1. The van der Waals surface area contributed by atoms with Crippen molar-refractivity contribution in [2.75, 3.05) is 0 Å². The van der Waals surface area contributed by atoms with E-state index in [4.69, 9.17) is 11.0 Å². The van der Waals surface area contributed by atoms with Gasteiger partial charge in [0.2, 0.25) is 0 Å². The van der Waals surface area contributed by atoms with Gasteiger partial charge in [0.05, 0.1) is 11.4 Å². The van der Waals surface area contributed by atoms with Crippen molar-refractivity contribution in [2.45, 2.75) is 13.5 Å². The first-order valence-corrected chi connectivity index (χ1v) is 4.88. The number of aromatic nitrogens is 3. The average Bonchev–Trinajstić information content (AvgIpc) is 2.70. The monoisotopic (exact) mass is 213 g/mol. The molecule has 1 heterocycles. The van der Waals surface area contributed by atoms with Crippen LogP contribution in [0.2, 0.25) is 0 Å². The van der Waals surface area contributed by atoms with Crippen LogP contribution in [0.3, 0.4) is 0 Å². The van der Waals surface area contributed by atoms with E-state index in [0.717, 1.165) is 16.9 Å². The Morgan fingerprint density at radius 2 is 2.31 bits per heavy atom. The minimum Gasteiger partial charge on any atom is -0.326 e. The topological polar surface area (TPSA) is 80.5 Å².